The molecule has 0 spiro atoms. The Bertz CT molecular complexity index is 760. The molecule has 0 aromatic heterocycles. The lowest BCUT2D eigenvalue weighted by Crippen LogP contribution is -2.49. The molecule has 1 saturated heterocycles. The normalized spacial score (nSPS) is 20.9. The number of esters is 1. The summed E-state index contributed by atoms with van der Waals surface area (Å²) >= 11 is 0. The molecule has 1 aliphatic heterocycles. The zero-order valence-corrected chi connectivity index (χ0v) is 21.0. The van der Waals surface area contributed by atoms with Gasteiger partial charge in [-0.2, -0.15) is 0 Å². The van der Waals surface area contributed by atoms with Gasteiger partial charge in [0.05, 0.1) is 19.4 Å². The van der Waals surface area contributed by atoms with Gasteiger partial charge in [-0.1, -0.05) is 45.4 Å². The largest absolute Gasteiger partial charge is 0.493 e. The highest BCUT2D eigenvalue weighted by Crippen LogP contribution is 2.30. The second kappa shape index (κ2) is 13.9. The van der Waals surface area contributed by atoms with Crippen LogP contribution in [-0.2, 0) is 23.9 Å². The highest BCUT2D eigenvalue weighted by atomic mass is 16.5. The van der Waals surface area contributed by atoms with Gasteiger partial charge in [-0.15, -0.1) is 0 Å². The maximum absolute atomic E-state index is 13.3. The van der Waals surface area contributed by atoms with E-state index in [0.717, 1.165) is 31.6 Å². The fourth-order valence-electron chi connectivity index (χ4n) is 3.91. The van der Waals surface area contributed by atoms with Gasteiger partial charge in [0.25, 0.3) is 0 Å². The SMILES string of the molecule is C=N[C@@H](CCCCC/C=C\C1CC1)C(=O)N1C[C@H](OC(=C)C(C)C)C[C@H]1C(=O)NCC(=O)OC. The third-order valence-electron chi connectivity index (χ3n) is 6.33. The highest BCUT2D eigenvalue weighted by Gasteiger charge is 2.42. The maximum Gasteiger partial charge on any atom is 0.325 e. The predicted octanol–water partition coefficient (Wildman–Crippen LogP) is 3.42. The number of nitrogens with one attached hydrogen (secondary N) is 1. The number of nitrogens with zero attached hydrogens (tertiary/aromatic N) is 2. The van der Waals surface area contributed by atoms with E-state index in [9.17, 15) is 14.4 Å². The number of ether oxygens (including phenoxy) is 2. The van der Waals surface area contributed by atoms with Gasteiger partial charge in [0.1, 0.15) is 24.7 Å². The van der Waals surface area contributed by atoms with Crippen molar-refractivity contribution in [2.24, 2.45) is 16.8 Å². The number of rotatable bonds is 15. The molecule has 2 fully saturated rings. The lowest BCUT2D eigenvalue weighted by Gasteiger charge is -2.26. The summed E-state index contributed by atoms with van der Waals surface area (Å²) in [5.74, 6) is 0.340. The topological polar surface area (TPSA) is 97.3 Å². The van der Waals surface area contributed by atoms with Crippen molar-refractivity contribution in [3.8, 4) is 0 Å². The average Bonchev–Trinajstić information content (AvgIpc) is 3.55. The van der Waals surface area contributed by atoms with Crippen molar-refractivity contribution < 1.29 is 23.9 Å². The smallest absolute Gasteiger partial charge is 0.325 e. The molecule has 1 saturated carbocycles. The highest BCUT2D eigenvalue weighted by molar-refractivity contribution is 5.92. The lowest BCUT2D eigenvalue weighted by atomic mass is 10.1. The number of allylic oxidation sites excluding steroid dienone is 3. The summed E-state index contributed by atoms with van der Waals surface area (Å²) in [6.45, 7) is 11.5. The first-order valence-corrected chi connectivity index (χ1v) is 12.4. The van der Waals surface area contributed by atoms with Crippen molar-refractivity contribution in [3.05, 3.63) is 24.5 Å². The molecule has 1 aliphatic carbocycles. The van der Waals surface area contributed by atoms with Gasteiger partial charge in [-0.25, -0.2) is 0 Å². The standard InChI is InChI=1S/C26H41N3O5/c1-18(2)19(3)34-21-15-23(25(31)28-16-24(30)33-5)29(17-21)26(32)22(27-4)12-10-8-6-7-9-11-20-13-14-20/h9,11,18,20-23H,3-4,6-8,10,12-17H2,1-2,5H3,(H,28,31)/b11-9-/t21-,22+,23+/m1/s1. The Hall–Kier alpha value is -2.64. The Kier molecular flexibility index (Phi) is 11.3. The Balaban J connectivity index is 1.94. The first-order chi connectivity index (χ1) is 16.3. The molecule has 1 heterocycles. The molecule has 34 heavy (non-hydrogen) atoms. The van der Waals surface area contributed by atoms with Crippen LogP contribution in [0.15, 0.2) is 29.5 Å². The number of methoxy groups -OCH3 is 1. The molecule has 8 nitrogen and oxygen atoms in total. The van der Waals surface area contributed by atoms with E-state index >= 15 is 0 Å². The average molecular weight is 476 g/mol. The van der Waals surface area contributed by atoms with Gasteiger partial charge in [-0.3, -0.25) is 19.4 Å². The molecule has 0 aromatic rings. The van der Waals surface area contributed by atoms with Crippen LogP contribution in [0.4, 0.5) is 0 Å². The first-order valence-electron chi connectivity index (χ1n) is 12.4. The van der Waals surface area contributed by atoms with Crippen molar-refractivity contribution in [2.75, 3.05) is 20.2 Å². The van der Waals surface area contributed by atoms with Crippen LogP contribution in [-0.4, -0.2) is 67.8 Å². The van der Waals surface area contributed by atoms with Crippen LogP contribution in [0.1, 0.15) is 65.2 Å². The summed E-state index contributed by atoms with van der Waals surface area (Å²) in [7, 11) is 1.26. The minimum Gasteiger partial charge on any atom is -0.493 e. The minimum absolute atomic E-state index is 0.123. The molecule has 1 N–H and O–H groups in total. The van der Waals surface area contributed by atoms with Crippen LogP contribution in [0.25, 0.3) is 0 Å². The summed E-state index contributed by atoms with van der Waals surface area (Å²) in [6.07, 6.45) is 11.8. The third-order valence-corrected chi connectivity index (χ3v) is 6.33. The van der Waals surface area contributed by atoms with E-state index in [1.807, 2.05) is 13.8 Å². The molecule has 2 aliphatic rings. The number of aliphatic imine (C=N–C) groups is 1. The summed E-state index contributed by atoms with van der Waals surface area (Å²) in [6, 6.07) is -1.36. The van der Waals surface area contributed by atoms with Crippen LogP contribution in [0.3, 0.4) is 0 Å². The van der Waals surface area contributed by atoms with Crippen molar-refractivity contribution in [1.82, 2.24) is 10.2 Å². The van der Waals surface area contributed by atoms with Crippen LogP contribution < -0.4 is 5.32 Å². The van der Waals surface area contributed by atoms with E-state index in [-0.39, 0.29) is 31.0 Å². The third kappa shape index (κ3) is 8.95. The van der Waals surface area contributed by atoms with Gasteiger partial charge < -0.3 is 19.7 Å². The number of likely N-dealkylation sites (tertiary alicyclic amines) is 1. The fourth-order valence-corrected chi connectivity index (χ4v) is 3.91. The second-order valence-corrected chi connectivity index (χ2v) is 9.50. The zero-order valence-electron chi connectivity index (χ0n) is 21.0. The number of unbranched alkanes of at least 4 members (excludes halogenated alkanes) is 3. The number of hydrogen-bond acceptors (Lipinski definition) is 6. The number of hydrogen-bond donors (Lipinski definition) is 1. The molecular weight excluding hydrogens is 434 g/mol. The monoisotopic (exact) mass is 475 g/mol. The Morgan fingerprint density at radius 2 is 1.94 bits per heavy atom. The molecule has 8 heteroatoms. The minimum atomic E-state index is -0.751. The zero-order chi connectivity index (χ0) is 25.1. The quantitative estimate of drug-likeness (QED) is 0.129. The van der Waals surface area contributed by atoms with Crippen molar-refractivity contribution in [1.29, 1.82) is 0 Å². The van der Waals surface area contributed by atoms with E-state index in [1.165, 1.54) is 24.9 Å². The molecule has 2 amide bonds. The van der Waals surface area contributed by atoms with Gasteiger partial charge in [-0.05, 0) is 44.7 Å². The Labute approximate surface area is 203 Å². The Morgan fingerprint density at radius 3 is 2.56 bits per heavy atom. The Morgan fingerprint density at radius 1 is 1.21 bits per heavy atom. The number of carbonyl (C=O) groups is 3. The van der Waals surface area contributed by atoms with E-state index in [4.69, 9.17) is 4.74 Å². The van der Waals surface area contributed by atoms with Crippen LogP contribution in [0.5, 0.6) is 0 Å². The van der Waals surface area contributed by atoms with Crippen molar-refractivity contribution >= 4 is 24.5 Å². The van der Waals surface area contributed by atoms with Gasteiger partial charge in [0, 0.05) is 12.3 Å². The summed E-state index contributed by atoms with van der Waals surface area (Å²) in [4.78, 5) is 43.2. The number of carbonyl (C=O) groups excluding carboxylic acids is 3. The van der Waals surface area contributed by atoms with E-state index in [0.29, 0.717) is 18.6 Å². The summed E-state index contributed by atoms with van der Waals surface area (Å²) < 4.78 is 10.5. The van der Waals surface area contributed by atoms with Gasteiger partial charge in [0.15, 0.2) is 0 Å². The van der Waals surface area contributed by atoms with E-state index in [1.54, 1.807) is 0 Å². The molecule has 2 rings (SSSR count). The second-order valence-electron chi connectivity index (χ2n) is 9.50. The maximum atomic E-state index is 13.3. The van der Waals surface area contributed by atoms with Crippen molar-refractivity contribution in [2.45, 2.75) is 83.4 Å². The number of amides is 2. The van der Waals surface area contributed by atoms with Crippen LogP contribution in [0, 0.1) is 11.8 Å². The molecule has 0 aromatic carbocycles. The molecular formula is C26H41N3O5. The molecule has 0 bridgehead atoms. The van der Waals surface area contributed by atoms with Gasteiger partial charge >= 0.3 is 5.97 Å². The van der Waals surface area contributed by atoms with Crippen molar-refractivity contribution in [3.63, 3.8) is 0 Å². The summed E-state index contributed by atoms with van der Waals surface area (Å²) in [5, 5.41) is 2.56. The fraction of sp³-hybridized carbons (Fsp3) is 0.692. The van der Waals surface area contributed by atoms with E-state index < -0.39 is 24.0 Å². The van der Waals surface area contributed by atoms with E-state index in [2.05, 4.69) is 40.5 Å². The predicted molar refractivity (Wildman–Crippen MR) is 132 cm³/mol. The van der Waals surface area contributed by atoms with Gasteiger partial charge in [0.2, 0.25) is 11.8 Å². The molecule has 0 radical (unpaired) electrons. The first kappa shape index (κ1) is 27.6. The lowest BCUT2D eigenvalue weighted by molar-refractivity contribution is -0.143. The summed E-state index contributed by atoms with van der Waals surface area (Å²) in [5.41, 5.74) is 0. The van der Waals surface area contributed by atoms with Crippen LogP contribution in [0.2, 0.25) is 0 Å². The molecule has 190 valence electrons. The van der Waals surface area contributed by atoms with Crippen LogP contribution >= 0.6 is 0 Å². The molecule has 0 unspecified atom stereocenters. The molecule has 3 atom stereocenters.